The van der Waals surface area contributed by atoms with Crippen LogP contribution in [0.5, 0.6) is 5.75 Å². The van der Waals surface area contributed by atoms with Gasteiger partial charge in [-0.1, -0.05) is 48.2 Å². The number of ether oxygens (including phenoxy) is 2. The van der Waals surface area contributed by atoms with Crippen LogP contribution in [0.1, 0.15) is 18.4 Å². The molecule has 1 atom stereocenters. The van der Waals surface area contributed by atoms with Crippen molar-refractivity contribution >= 4 is 22.7 Å². The number of para-hydroxylation sites is 2. The van der Waals surface area contributed by atoms with Crippen LogP contribution < -0.4 is 4.74 Å². The average molecular weight is 457 g/mol. The summed E-state index contributed by atoms with van der Waals surface area (Å²) in [5.74, 6) is 1.37. The number of benzene rings is 2. The number of halogens is 2. The summed E-state index contributed by atoms with van der Waals surface area (Å²) < 4.78 is 38.2. The number of nitrogens with zero attached hydrogens (tertiary/aromatic N) is 3. The first-order valence-electron chi connectivity index (χ1n) is 10.5. The van der Waals surface area contributed by atoms with Gasteiger partial charge >= 0.3 is 6.61 Å². The summed E-state index contributed by atoms with van der Waals surface area (Å²) in [6.07, 6.45) is 4.07. The number of alkyl halides is 2. The first-order valence-corrected chi connectivity index (χ1v) is 11.4. The smallest absolute Gasteiger partial charge is 0.387 e. The van der Waals surface area contributed by atoms with Crippen molar-refractivity contribution < 1.29 is 18.3 Å². The van der Waals surface area contributed by atoms with Crippen LogP contribution in [0.3, 0.4) is 0 Å². The Hall–Kier alpha value is -2.91. The Morgan fingerprint density at radius 1 is 1.16 bits per heavy atom. The van der Waals surface area contributed by atoms with E-state index in [1.807, 2.05) is 30.5 Å². The largest absolute Gasteiger partial charge is 0.435 e. The predicted molar refractivity (Wildman–Crippen MR) is 119 cm³/mol. The molecule has 1 aliphatic rings. The van der Waals surface area contributed by atoms with Gasteiger partial charge in [-0.3, -0.25) is 4.57 Å². The number of hydrogen-bond donors (Lipinski definition) is 1. The SMILES string of the molecule is FC(F)Oc1ccccc1CSc1nnc(-c2c[nH]c3ccccc23)n1CC1CCCO1. The molecule has 1 unspecified atom stereocenters. The van der Waals surface area contributed by atoms with E-state index in [4.69, 9.17) is 4.74 Å². The molecule has 1 N–H and O–H groups in total. The lowest BCUT2D eigenvalue weighted by Gasteiger charge is -2.15. The summed E-state index contributed by atoms with van der Waals surface area (Å²) >= 11 is 1.45. The first kappa shape index (κ1) is 21.0. The third-order valence-corrected chi connectivity index (χ3v) is 6.52. The molecular weight excluding hydrogens is 434 g/mol. The molecule has 0 amide bonds. The van der Waals surface area contributed by atoms with Crippen molar-refractivity contribution in [3.63, 3.8) is 0 Å². The molecule has 1 aliphatic heterocycles. The van der Waals surface area contributed by atoms with Crippen LogP contribution >= 0.6 is 11.8 Å². The van der Waals surface area contributed by atoms with E-state index in [0.29, 0.717) is 23.0 Å². The van der Waals surface area contributed by atoms with Crippen LogP contribution in [-0.2, 0) is 17.0 Å². The Balaban J connectivity index is 1.46. The van der Waals surface area contributed by atoms with Crippen molar-refractivity contribution in [1.29, 1.82) is 0 Å². The number of thioether (sulfide) groups is 1. The zero-order valence-corrected chi connectivity index (χ0v) is 18.0. The topological polar surface area (TPSA) is 65.0 Å². The minimum absolute atomic E-state index is 0.101. The molecule has 9 heteroatoms. The fourth-order valence-electron chi connectivity index (χ4n) is 3.98. The summed E-state index contributed by atoms with van der Waals surface area (Å²) in [6, 6.07) is 14.9. The third kappa shape index (κ3) is 4.35. The molecule has 5 rings (SSSR count). The van der Waals surface area contributed by atoms with Crippen molar-refractivity contribution in [2.75, 3.05) is 6.61 Å². The molecule has 2 aromatic carbocycles. The normalized spacial score (nSPS) is 16.3. The molecule has 6 nitrogen and oxygen atoms in total. The van der Waals surface area contributed by atoms with E-state index < -0.39 is 6.61 Å². The van der Waals surface area contributed by atoms with Gasteiger partial charge in [-0.15, -0.1) is 10.2 Å². The second-order valence-corrected chi connectivity index (χ2v) is 8.52. The standard InChI is InChI=1S/C23H22F2N4O2S/c24-22(25)31-20-10-4-1-6-15(20)14-32-23-28-27-21(29(23)13-16-7-5-11-30-16)18-12-26-19-9-3-2-8-17(18)19/h1-4,6,8-10,12,16,22,26H,5,7,11,13-14H2. The van der Waals surface area contributed by atoms with Crippen molar-refractivity contribution in [2.24, 2.45) is 0 Å². The highest BCUT2D eigenvalue weighted by Crippen LogP contribution is 2.33. The Morgan fingerprint density at radius 2 is 2.00 bits per heavy atom. The van der Waals surface area contributed by atoms with Crippen molar-refractivity contribution in [3.05, 3.63) is 60.3 Å². The summed E-state index contributed by atoms with van der Waals surface area (Å²) in [7, 11) is 0. The highest BCUT2D eigenvalue weighted by atomic mass is 32.2. The molecule has 3 heterocycles. The molecule has 0 bridgehead atoms. The lowest BCUT2D eigenvalue weighted by Crippen LogP contribution is -2.16. The van der Waals surface area contributed by atoms with Gasteiger partial charge in [0.1, 0.15) is 5.75 Å². The zero-order valence-electron chi connectivity index (χ0n) is 17.2. The Kier molecular flexibility index (Phi) is 6.09. The summed E-state index contributed by atoms with van der Waals surface area (Å²) in [6.45, 7) is -1.46. The second-order valence-electron chi connectivity index (χ2n) is 7.57. The van der Waals surface area contributed by atoms with Gasteiger partial charge in [0.15, 0.2) is 11.0 Å². The van der Waals surface area contributed by atoms with Gasteiger partial charge in [-0.2, -0.15) is 8.78 Å². The van der Waals surface area contributed by atoms with Crippen LogP contribution in [0.15, 0.2) is 59.9 Å². The molecule has 1 fully saturated rings. The summed E-state index contributed by atoms with van der Waals surface area (Å²) in [5, 5.41) is 10.7. The maximum absolute atomic E-state index is 12.8. The minimum Gasteiger partial charge on any atom is -0.435 e. The van der Waals surface area contributed by atoms with Gasteiger partial charge in [0.2, 0.25) is 0 Å². The molecule has 4 aromatic rings. The number of nitrogens with one attached hydrogen (secondary N) is 1. The van der Waals surface area contributed by atoms with Crippen LogP contribution in [0.25, 0.3) is 22.3 Å². The van der Waals surface area contributed by atoms with Crippen LogP contribution in [0, 0.1) is 0 Å². The lowest BCUT2D eigenvalue weighted by atomic mass is 10.1. The molecule has 0 radical (unpaired) electrons. The van der Waals surface area contributed by atoms with E-state index >= 15 is 0 Å². The molecule has 166 valence electrons. The highest BCUT2D eigenvalue weighted by Gasteiger charge is 2.23. The van der Waals surface area contributed by atoms with Crippen molar-refractivity contribution in [1.82, 2.24) is 19.7 Å². The van der Waals surface area contributed by atoms with Gasteiger partial charge in [0, 0.05) is 40.6 Å². The minimum atomic E-state index is -2.86. The average Bonchev–Trinajstić information content (AvgIpc) is 3.53. The van der Waals surface area contributed by atoms with Gasteiger partial charge in [-0.25, -0.2) is 0 Å². The number of H-pyrrole nitrogens is 1. The third-order valence-electron chi connectivity index (χ3n) is 5.50. The number of hydrogen-bond acceptors (Lipinski definition) is 5. The van der Waals surface area contributed by atoms with E-state index in [2.05, 4.69) is 30.6 Å². The Bertz CT molecular complexity index is 1200. The van der Waals surface area contributed by atoms with Crippen LogP contribution in [0.4, 0.5) is 8.78 Å². The molecule has 32 heavy (non-hydrogen) atoms. The lowest BCUT2D eigenvalue weighted by molar-refractivity contribution is -0.0503. The number of aromatic nitrogens is 4. The quantitative estimate of drug-likeness (QED) is 0.355. The molecule has 0 spiro atoms. The summed E-state index contributed by atoms with van der Waals surface area (Å²) in [4.78, 5) is 3.29. The van der Waals surface area contributed by atoms with Gasteiger partial charge in [0.25, 0.3) is 0 Å². The Labute approximate surface area is 187 Å². The van der Waals surface area contributed by atoms with E-state index in [9.17, 15) is 8.78 Å². The molecule has 0 saturated carbocycles. The first-order chi connectivity index (χ1) is 15.7. The fraction of sp³-hybridized carbons (Fsp3) is 0.304. The molecule has 1 saturated heterocycles. The van der Waals surface area contributed by atoms with E-state index in [1.54, 1.807) is 18.2 Å². The fourth-order valence-corrected chi connectivity index (χ4v) is 4.92. The zero-order chi connectivity index (χ0) is 21.9. The number of aromatic amines is 1. The predicted octanol–water partition coefficient (Wildman–Crippen LogP) is 5.50. The van der Waals surface area contributed by atoms with Gasteiger partial charge in [-0.05, 0) is 25.0 Å². The maximum atomic E-state index is 12.8. The number of fused-ring (bicyclic) bond motifs is 1. The van der Waals surface area contributed by atoms with Gasteiger partial charge < -0.3 is 14.5 Å². The Morgan fingerprint density at radius 3 is 2.84 bits per heavy atom. The van der Waals surface area contributed by atoms with Crippen LogP contribution in [0.2, 0.25) is 0 Å². The van der Waals surface area contributed by atoms with Crippen LogP contribution in [-0.4, -0.2) is 39.1 Å². The van der Waals surface area contributed by atoms with Gasteiger partial charge in [0.05, 0.1) is 12.6 Å². The van der Waals surface area contributed by atoms with Crippen molar-refractivity contribution in [2.45, 2.75) is 43.0 Å². The monoisotopic (exact) mass is 456 g/mol. The summed E-state index contributed by atoms with van der Waals surface area (Å²) in [5.41, 5.74) is 2.68. The molecular formula is C23H22F2N4O2S. The van der Waals surface area contributed by atoms with E-state index in [1.165, 1.54) is 11.8 Å². The molecule has 0 aliphatic carbocycles. The molecule has 2 aromatic heterocycles. The second kappa shape index (κ2) is 9.30. The number of rotatable bonds is 8. The highest BCUT2D eigenvalue weighted by molar-refractivity contribution is 7.98. The van der Waals surface area contributed by atoms with E-state index in [0.717, 1.165) is 41.7 Å². The maximum Gasteiger partial charge on any atom is 0.387 e. The van der Waals surface area contributed by atoms with Crippen molar-refractivity contribution in [3.8, 4) is 17.1 Å². The van der Waals surface area contributed by atoms with E-state index in [-0.39, 0.29) is 11.9 Å².